The zero-order valence-electron chi connectivity index (χ0n) is 19.3. The fourth-order valence-electron chi connectivity index (χ4n) is 4.58. The van der Waals surface area contributed by atoms with E-state index in [0.717, 1.165) is 16.7 Å². The number of carbonyl (C=O) groups excluding carboxylic acids is 3. The van der Waals surface area contributed by atoms with Crippen LogP contribution in [0.15, 0.2) is 42.5 Å². The second-order valence-electron chi connectivity index (χ2n) is 8.94. The molecule has 0 radical (unpaired) electrons. The number of ether oxygens (including phenoxy) is 1. The standard InChI is InChI=1S/C25H28N4O6/c1-29-13-18-12-17(6-7-19(18)22(29)31)15-2-4-16(5-3-15)21(26)20(14-30)27-23(32)25(28-24(33)34)8-10-35-11-9-25/h2-7,12,14,20-21,28H,8-11,13,26H2,1H3,(H,27,32)(H,33,34). The quantitative estimate of drug-likeness (QED) is 0.438. The molecule has 2 aromatic rings. The maximum atomic E-state index is 13.0. The molecule has 2 atom stereocenters. The Morgan fingerprint density at radius 2 is 1.80 bits per heavy atom. The van der Waals surface area contributed by atoms with Gasteiger partial charge in [-0.1, -0.05) is 30.3 Å². The lowest BCUT2D eigenvalue weighted by atomic mass is 9.88. The van der Waals surface area contributed by atoms with Crippen molar-refractivity contribution in [2.75, 3.05) is 20.3 Å². The number of fused-ring (bicyclic) bond motifs is 1. The Balaban J connectivity index is 1.48. The number of nitrogens with two attached hydrogens (primary N) is 1. The molecular weight excluding hydrogens is 452 g/mol. The SMILES string of the molecule is CN1Cc2cc(-c3ccc(C(N)C(C=O)NC(=O)C4(NC(=O)O)CCOCC4)cc3)ccc2C1=O. The molecule has 35 heavy (non-hydrogen) atoms. The third kappa shape index (κ3) is 4.89. The van der Waals surface area contributed by atoms with Crippen LogP contribution in [-0.4, -0.2) is 66.0 Å². The summed E-state index contributed by atoms with van der Waals surface area (Å²) in [5, 5.41) is 14.1. The molecule has 184 valence electrons. The summed E-state index contributed by atoms with van der Waals surface area (Å²) in [6.45, 7) is 1.01. The number of hydrogen-bond acceptors (Lipinski definition) is 6. The summed E-state index contributed by atoms with van der Waals surface area (Å²) in [5.41, 5.74) is 9.12. The van der Waals surface area contributed by atoms with Crippen LogP contribution >= 0.6 is 0 Å². The monoisotopic (exact) mass is 480 g/mol. The van der Waals surface area contributed by atoms with E-state index in [2.05, 4.69) is 10.6 Å². The molecule has 1 saturated heterocycles. The number of benzene rings is 2. The summed E-state index contributed by atoms with van der Waals surface area (Å²) < 4.78 is 5.26. The molecule has 10 heteroatoms. The van der Waals surface area contributed by atoms with Crippen LogP contribution in [0.3, 0.4) is 0 Å². The lowest BCUT2D eigenvalue weighted by Gasteiger charge is -2.36. The van der Waals surface area contributed by atoms with Gasteiger partial charge < -0.3 is 35.9 Å². The Morgan fingerprint density at radius 3 is 2.43 bits per heavy atom. The van der Waals surface area contributed by atoms with Crippen molar-refractivity contribution < 1.29 is 29.0 Å². The molecule has 4 rings (SSSR count). The molecule has 0 spiro atoms. The Bertz CT molecular complexity index is 1140. The molecule has 3 amide bonds. The van der Waals surface area contributed by atoms with Crippen LogP contribution in [0.2, 0.25) is 0 Å². The average Bonchev–Trinajstić information content (AvgIpc) is 3.14. The molecular formula is C25H28N4O6. The van der Waals surface area contributed by atoms with Crippen molar-refractivity contribution in [3.05, 3.63) is 59.2 Å². The lowest BCUT2D eigenvalue weighted by molar-refractivity contribution is -0.133. The highest BCUT2D eigenvalue weighted by Crippen LogP contribution is 2.29. The zero-order valence-corrected chi connectivity index (χ0v) is 19.3. The van der Waals surface area contributed by atoms with E-state index in [1.165, 1.54) is 0 Å². The second-order valence-corrected chi connectivity index (χ2v) is 8.94. The van der Waals surface area contributed by atoms with Crippen molar-refractivity contribution in [3.8, 4) is 11.1 Å². The molecule has 2 heterocycles. The van der Waals surface area contributed by atoms with E-state index >= 15 is 0 Å². The maximum absolute atomic E-state index is 13.0. The first-order valence-corrected chi connectivity index (χ1v) is 11.3. The number of amides is 3. The van der Waals surface area contributed by atoms with Crippen molar-refractivity contribution in [2.45, 2.75) is 37.0 Å². The van der Waals surface area contributed by atoms with Crippen molar-refractivity contribution in [3.63, 3.8) is 0 Å². The fraction of sp³-hybridized carbons (Fsp3) is 0.360. The number of aldehydes is 1. The molecule has 0 bridgehead atoms. The number of nitrogens with zero attached hydrogens (tertiary/aromatic N) is 1. The predicted molar refractivity (Wildman–Crippen MR) is 127 cm³/mol. The van der Waals surface area contributed by atoms with Crippen molar-refractivity contribution in [1.29, 1.82) is 0 Å². The number of carbonyl (C=O) groups is 4. The van der Waals surface area contributed by atoms with Gasteiger partial charge in [-0.25, -0.2) is 4.79 Å². The summed E-state index contributed by atoms with van der Waals surface area (Å²) in [4.78, 5) is 49.9. The molecule has 2 aliphatic rings. The average molecular weight is 481 g/mol. The van der Waals surface area contributed by atoms with Crippen LogP contribution in [0.25, 0.3) is 11.1 Å². The van der Waals surface area contributed by atoms with E-state index in [9.17, 15) is 24.3 Å². The first-order chi connectivity index (χ1) is 16.7. The summed E-state index contributed by atoms with van der Waals surface area (Å²) in [6, 6.07) is 11.1. The van der Waals surface area contributed by atoms with Gasteiger partial charge in [0.2, 0.25) is 5.91 Å². The van der Waals surface area contributed by atoms with Gasteiger partial charge in [0, 0.05) is 45.2 Å². The molecule has 10 nitrogen and oxygen atoms in total. The van der Waals surface area contributed by atoms with Gasteiger partial charge in [0.25, 0.3) is 5.91 Å². The normalized spacial score (nSPS) is 18.3. The van der Waals surface area contributed by atoms with Crippen LogP contribution in [0.4, 0.5) is 4.79 Å². The van der Waals surface area contributed by atoms with Gasteiger partial charge in [-0.15, -0.1) is 0 Å². The molecule has 0 aromatic heterocycles. The second kappa shape index (κ2) is 9.85. The highest BCUT2D eigenvalue weighted by Gasteiger charge is 2.43. The largest absolute Gasteiger partial charge is 0.465 e. The van der Waals surface area contributed by atoms with E-state index in [4.69, 9.17) is 10.5 Å². The van der Waals surface area contributed by atoms with E-state index in [1.807, 2.05) is 30.3 Å². The van der Waals surface area contributed by atoms with Gasteiger partial charge in [-0.2, -0.15) is 0 Å². The van der Waals surface area contributed by atoms with E-state index in [-0.39, 0.29) is 32.0 Å². The van der Waals surface area contributed by atoms with Gasteiger partial charge in [-0.05, 0) is 34.4 Å². The predicted octanol–water partition coefficient (Wildman–Crippen LogP) is 1.44. The number of rotatable bonds is 7. The first-order valence-electron chi connectivity index (χ1n) is 11.3. The van der Waals surface area contributed by atoms with E-state index in [1.54, 1.807) is 24.1 Å². The third-order valence-electron chi connectivity index (χ3n) is 6.68. The highest BCUT2D eigenvalue weighted by atomic mass is 16.5. The molecule has 1 fully saturated rings. The fourth-order valence-corrected chi connectivity index (χ4v) is 4.58. The van der Waals surface area contributed by atoms with Gasteiger partial charge >= 0.3 is 6.09 Å². The Kier molecular flexibility index (Phi) is 6.86. The van der Waals surface area contributed by atoms with Crippen LogP contribution < -0.4 is 16.4 Å². The topological polar surface area (TPSA) is 151 Å². The van der Waals surface area contributed by atoms with Crippen LogP contribution in [0.1, 0.15) is 40.4 Å². The smallest absolute Gasteiger partial charge is 0.405 e. The van der Waals surface area contributed by atoms with Crippen molar-refractivity contribution >= 4 is 24.2 Å². The summed E-state index contributed by atoms with van der Waals surface area (Å²) in [5.74, 6) is -0.596. The van der Waals surface area contributed by atoms with Crippen LogP contribution in [-0.2, 0) is 20.9 Å². The van der Waals surface area contributed by atoms with Crippen LogP contribution in [0.5, 0.6) is 0 Å². The van der Waals surface area contributed by atoms with Gasteiger partial charge in [-0.3, -0.25) is 9.59 Å². The minimum atomic E-state index is -1.38. The van der Waals surface area contributed by atoms with Gasteiger partial charge in [0.1, 0.15) is 17.9 Å². The number of nitrogens with one attached hydrogen (secondary N) is 2. The summed E-state index contributed by atoms with van der Waals surface area (Å²) in [7, 11) is 1.77. The molecule has 2 aromatic carbocycles. The van der Waals surface area contributed by atoms with E-state index < -0.39 is 29.6 Å². The Morgan fingerprint density at radius 1 is 1.14 bits per heavy atom. The van der Waals surface area contributed by atoms with E-state index in [0.29, 0.717) is 24.0 Å². The van der Waals surface area contributed by atoms with Crippen molar-refractivity contribution in [1.82, 2.24) is 15.5 Å². The summed E-state index contributed by atoms with van der Waals surface area (Å²) in [6.07, 6.45) is -0.462. The molecule has 5 N–H and O–H groups in total. The first kappa shape index (κ1) is 24.4. The molecule has 0 saturated carbocycles. The van der Waals surface area contributed by atoms with Gasteiger partial charge in [0.15, 0.2) is 0 Å². The van der Waals surface area contributed by atoms with Crippen LogP contribution in [0, 0.1) is 0 Å². The maximum Gasteiger partial charge on any atom is 0.405 e. The summed E-state index contributed by atoms with van der Waals surface area (Å²) >= 11 is 0. The van der Waals surface area contributed by atoms with Crippen molar-refractivity contribution in [2.24, 2.45) is 5.73 Å². The minimum absolute atomic E-state index is 0.0101. The zero-order chi connectivity index (χ0) is 25.2. The van der Waals surface area contributed by atoms with Gasteiger partial charge in [0.05, 0.1) is 6.04 Å². The highest BCUT2D eigenvalue weighted by molar-refractivity contribution is 5.98. The molecule has 0 aliphatic carbocycles. The molecule has 2 aliphatic heterocycles. The number of hydrogen-bond donors (Lipinski definition) is 4. The Hall–Kier alpha value is -3.76. The molecule has 2 unspecified atom stereocenters. The third-order valence-corrected chi connectivity index (χ3v) is 6.68. The lowest BCUT2D eigenvalue weighted by Crippen LogP contribution is -2.63. The number of carboxylic acid groups (broad SMARTS) is 1. The Labute approximate surface area is 202 Å². The minimum Gasteiger partial charge on any atom is -0.465 e.